The van der Waals surface area contributed by atoms with Gasteiger partial charge in [0.2, 0.25) is 5.91 Å². The Morgan fingerprint density at radius 3 is 2.87 bits per heavy atom. The van der Waals surface area contributed by atoms with Crippen molar-refractivity contribution in [1.82, 2.24) is 14.9 Å². The number of fused-ring (bicyclic) bond motifs is 1. The van der Waals surface area contributed by atoms with Crippen LogP contribution < -0.4 is 0 Å². The molecule has 0 unspecified atom stereocenters. The molecule has 3 rings (SSSR count). The van der Waals surface area contributed by atoms with E-state index in [2.05, 4.69) is 9.97 Å². The molecule has 1 aromatic carbocycles. The third-order valence-corrected chi connectivity index (χ3v) is 4.16. The van der Waals surface area contributed by atoms with Crippen LogP contribution in [0.2, 0.25) is 5.02 Å². The van der Waals surface area contributed by atoms with E-state index in [1.54, 1.807) is 7.11 Å². The number of nitrogens with zero attached hydrogens (tertiary/aromatic N) is 3. The van der Waals surface area contributed by atoms with Crippen LogP contribution in [0.5, 0.6) is 0 Å². The summed E-state index contributed by atoms with van der Waals surface area (Å²) >= 11 is 5.91. The fourth-order valence-electron chi connectivity index (χ4n) is 2.61. The van der Waals surface area contributed by atoms with Gasteiger partial charge in [0.25, 0.3) is 0 Å². The van der Waals surface area contributed by atoms with Gasteiger partial charge in [-0.1, -0.05) is 11.6 Å². The lowest BCUT2D eigenvalue weighted by molar-refractivity contribution is -0.133. The molecule has 6 heteroatoms. The van der Waals surface area contributed by atoms with Crippen LogP contribution in [-0.4, -0.2) is 41.0 Å². The fourth-order valence-corrected chi connectivity index (χ4v) is 2.74. The zero-order valence-corrected chi connectivity index (χ0v) is 13.7. The molecule has 0 aliphatic carbocycles. The number of methoxy groups -OCH3 is 1. The van der Waals surface area contributed by atoms with Gasteiger partial charge in [0.05, 0.1) is 18.7 Å². The Kier molecular flexibility index (Phi) is 4.88. The van der Waals surface area contributed by atoms with E-state index >= 15 is 0 Å². The van der Waals surface area contributed by atoms with Crippen LogP contribution in [0.1, 0.15) is 17.7 Å². The van der Waals surface area contributed by atoms with Gasteiger partial charge in [-0.25, -0.2) is 9.97 Å². The normalized spacial score (nSPS) is 13.7. The molecule has 5 nitrogen and oxygen atoms in total. The summed E-state index contributed by atoms with van der Waals surface area (Å²) in [6.45, 7) is 1.71. The van der Waals surface area contributed by atoms with Crippen LogP contribution in [0.25, 0.3) is 11.4 Å². The smallest absolute Gasteiger partial charge is 0.225 e. The molecule has 0 radical (unpaired) electrons. The summed E-state index contributed by atoms with van der Waals surface area (Å²) < 4.78 is 4.96. The fraction of sp³-hybridized carbons (Fsp3) is 0.353. The first kappa shape index (κ1) is 15.9. The zero-order chi connectivity index (χ0) is 16.2. The van der Waals surface area contributed by atoms with Gasteiger partial charge in [0.1, 0.15) is 0 Å². The van der Waals surface area contributed by atoms with Gasteiger partial charge in [0.15, 0.2) is 5.82 Å². The summed E-state index contributed by atoms with van der Waals surface area (Å²) in [6, 6.07) is 7.48. The molecule has 1 aliphatic heterocycles. The van der Waals surface area contributed by atoms with Crippen LogP contribution in [0.4, 0.5) is 0 Å². The molecule has 2 aromatic rings. The first-order valence-electron chi connectivity index (χ1n) is 7.55. The molecule has 0 atom stereocenters. The highest BCUT2D eigenvalue weighted by atomic mass is 35.5. The Bertz CT molecular complexity index is 703. The van der Waals surface area contributed by atoms with E-state index in [1.807, 2.05) is 35.4 Å². The summed E-state index contributed by atoms with van der Waals surface area (Å²) in [5, 5.41) is 0.692. The minimum atomic E-state index is 0.110. The number of amides is 1. The monoisotopic (exact) mass is 331 g/mol. The Labute approximate surface area is 140 Å². The van der Waals surface area contributed by atoms with Gasteiger partial charge in [-0.3, -0.25) is 4.79 Å². The minimum absolute atomic E-state index is 0.110. The molecule has 23 heavy (non-hydrogen) atoms. The lowest BCUT2D eigenvalue weighted by atomic mass is 10.1. The molecule has 2 heterocycles. The average Bonchev–Trinajstić information content (AvgIpc) is 2.59. The molecular weight excluding hydrogens is 314 g/mol. The third kappa shape index (κ3) is 3.68. The quantitative estimate of drug-likeness (QED) is 0.864. The molecule has 1 amide bonds. The van der Waals surface area contributed by atoms with Crippen molar-refractivity contribution in [3.05, 3.63) is 46.7 Å². The highest BCUT2D eigenvalue weighted by Gasteiger charge is 2.22. The number of hydrogen-bond donors (Lipinski definition) is 0. The van der Waals surface area contributed by atoms with E-state index in [-0.39, 0.29) is 5.91 Å². The zero-order valence-electron chi connectivity index (χ0n) is 13.0. The number of rotatable bonds is 4. The van der Waals surface area contributed by atoms with Crippen LogP contribution in [-0.2, 0) is 22.5 Å². The van der Waals surface area contributed by atoms with E-state index in [1.165, 1.54) is 0 Å². The van der Waals surface area contributed by atoms with Crippen molar-refractivity contribution in [3.8, 4) is 11.4 Å². The van der Waals surface area contributed by atoms with E-state index in [0.717, 1.165) is 23.2 Å². The third-order valence-electron chi connectivity index (χ3n) is 3.91. The van der Waals surface area contributed by atoms with Crippen molar-refractivity contribution in [1.29, 1.82) is 0 Å². The molecule has 120 valence electrons. The van der Waals surface area contributed by atoms with E-state index in [9.17, 15) is 4.79 Å². The lowest BCUT2D eigenvalue weighted by Gasteiger charge is -2.28. The largest absolute Gasteiger partial charge is 0.384 e. The van der Waals surface area contributed by atoms with Crippen LogP contribution in [0, 0.1) is 0 Å². The number of benzene rings is 1. The molecule has 0 N–H and O–H groups in total. The minimum Gasteiger partial charge on any atom is -0.384 e. The number of carbonyl (C=O) groups is 1. The predicted octanol–water partition coefficient (Wildman–Crippen LogP) is 2.72. The molecule has 0 saturated carbocycles. The number of hydrogen-bond acceptors (Lipinski definition) is 4. The Morgan fingerprint density at radius 1 is 1.35 bits per heavy atom. The Balaban J connectivity index is 1.76. The van der Waals surface area contributed by atoms with Crippen LogP contribution >= 0.6 is 11.6 Å². The first-order valence-corrected chi connectivity index (χ1v) is 7.92. The second-order valence-electron chi connectivity index (χ2n) is 5.48. The van der Waals surface area contributed by atoms with Crippen molar-refractivity contribution in [2.75, 3.05) is 20.3 Å². The predicted molar refractivity (Wildman–Crippen MR) is 88.1 cm³/mol. The average molecular weight is 332 g/mol. The summed E-state index contributed by atoms with van der Waals surface area (Å²) in [5.41, 5.74) is 2.97. The maximum Gasteiger partial charge on any atom is 0.225 e. The topological polar surface area (TPSA) is 55.3 Å². The summed E-state index contributed by atoms with van der Waals surface area (Å²) in [5.74, 6) is 0.804. The molecule has 0 bridgehead atoms. The second-order valence-corrected chi connectivity index (χ2v) is 5.92. The first-order chi connectivity index (χ1) is 11.2. The van der Waals surface area contributed by atoms with Gasteiger partial charge >= 0.3 is 0 Å². The summed E-state index contributed by atoms with van der Waals surface area (Å²) in [7, 11) is 1.60. The number of ether oxygens (including phenoxy) is 1. The highest BCUT2D eigenvalue weighted by molar-refractivity contribution is 6.30. The maximum atomic E-state index is 12.1. The standard InChI is InChI=1S/C17H18ClN3O2/c1-23-9-7-16(22)21-8-6-15-13(11-21)10-19-17(20-15)12-2-4-14(18)5-3-12/h2-5,10H,6-9,11H2,1H3. The van der Waals surface area contributed by atoms with Crippen LogP contribution in [0.3, 0.4) is 0 Å². The summed E-state index contributed by atoms with van der Waals surface area (Å²) in [6.07, 6.45) is 2.98. The Morgan fingerprint density at radius 2 is 2.13 bits per heavy atom. The molecule has 1 aliphatic rings. The van der Waals surface area contributed by atoms with Gasteiger partial charge < -0.3 is 9.64 Å². The lowest BCUT2D eigenvalue weighted by Crippen LogP contribution is -2.36. The van der Waals surface area contributed by atoms with Gasteiger partial charge in [-0.15, -0.1) is 0 Å². The Hall–Kier alpha value is -1.98. The second kappa shape index (κ2) is 7.06. The molecule has 0 spiro atoms. The van der Waals surface area contributed by atoms with Gasteiger partial charge in [0, 0.05) is 49.0 Å². The highest BCUT2D eigenvalue weighted by Crippen LogP contribution is 2.22. The molecule has 0 saturated heterocycles. The van der Waals surface area contributed by atoms with Crippen LogP contribution in [0.15, 0.2) is 30.5 Å². The van der Waals surface area contributed by atoms with Crippen molar-refractivity contribution in [2.45, 2.75) is 19.4 Å². The van der Waals surface area contributed by atoms with E-state index in [0.29, 0.717) is 37.0 Å². The molecule has 1 aromatic heterocycles. The van der Waals surface area contributed by atoms with Crippen molar-refractivity contribution in [2.24, 2.45) is 0 Å². The van der Waals surface area contributed by atoms with E-state index in [4.69, 9.17) is 16.3 Å². The number of halogens is 1. The van der Waals surface area contributed by atoms with E-state index < -0.39 is 0 Å². The molecular formula is C17H18ClN3O2. The van der Waals surface area contributed by atoms with Gasteiger partial charge in [-0.05, 0) is 24.3 Å². The van der Waals surface area contributed by atoms with Crippen molar-refractivity contribution >= 4 is 17.5 Å². The maximum absolute atomic E-state index is 12.1. The number of aromatic nitrogens is 2. The summed E-state index contributed by atoms with van der Waals surface area (Å²) in [4.78, 5) is 23.0. The van der Waals surface area contributed by atoms with Crippen molar-refractivity contribution in [3.63, 3.8) is 0 Å². The number of carbonyl (C=O) groups excluding carboxylic acids is 1. The van der Waals surface area contributed by atoms with Gasteiger partial charge in [-0.2, -0.15) is 0 Å². The SMILES string of the molecule is COCCC(=O)N1CCc2nc(-c3ccc(Cl)cc3)ncc2C1. The molecule has 0 fully saturated rings. The van der Waals surface area contributed by atoms with Crippen molar-refractivity contribution < 1.29 is 9.53 Å².